The van der Waals surface area contributed by atoms with E-state index in [4.69, 9.17) is 22.2 Å². The van der Waals surface area contributed by atoms with Crippen LogP contribution in [0.25, 0.3) is 0 Å². The molecule has 0 aliphatic heterocycles. The predicted molar refractivity (Wildman–Crippen MR) is 76.2 cm³/mol. The molecule has 0 bridgehead atoms. The number of ether oxygens (including phenoxy) is 1. The second-order valence-corrected chi connectivity index (χ2v) is 4.94. The molecule has 1 unspecified atom stereocenters. The molecule has 8 heteroatoms. The SMILES string of the molecule is COCCn1ncc(Cl)c1C(NN)c1cn(C)nc1C. The summed E-state index contributed by atoms with van der Waals surface area (Å²) in [6, 6.07) is -0.268. The summed E-state index contributed by atoms with van der Waals surface area (Å²) in [5.41, 5.74) is 5.46. The predicted octanol–water partition coefficient (Wildman–Crippen LogP) is 0.778. The van der Waals surface area contributed by atoms with Crippen molar-refractivity contribution in [2.45, 2.75) is 19.5 Å². The maximum atomic E-state index is 6.26. The van der Waals surface area contributed by atoms with Crippen LogP contribution in [0.1, 0.15) is 23.0 Å². The van der Waals surface area contributed by atoms with Gasteiger partial charge in [0.25, 0.3) is 0 Å². The van der Waals surface area contributed by atoms with Crippen LogP contribution in [0.4, 0.5) is 0 Å². The van der Waals surface area contributed by atoms with Crippen molar-refractivity contribution in [3.05, 3.63) is 34.4 Å². The number of hydrogen-bond acceptors (Lipinski definition) is 5. The third-order valence-electron chi connectivity index (χ3n) is 3.14. The lowest BCUT2D eigenvalue weighted by atomic mass is 10.1. The van der Waals surface area contributed by atoms with Crippen LogP contribution in [0, 0.1) is 6.92 Å². The summed E-state index contributed by atoms with van der Waals surface area (Å²) in [7, 11) is 3.52. The highest BCUT2D eigenvalue weighted by Gasteiger charge is 2.24. The van der Waals surface area contributed by atoms with Crippen molar-refractivity contribution in [3.8, 4) is 0 Å². The number of hydrogen-bond donors (Lipinski definition) is 2. The number of hydrazine groups is 1. The van der Waals surface area contributed by atoms with Crippen LogP contribution in [-0.2, 0) is 18.3 Å². The van der Waals surface area contributed by atoms with Gasteiger partial charge in [-0.25, -0.2) is 5.43 Å². The van der Waals surface area contributed by atoms with Gasteiger partial charge in [-0.1, -0.05) is 11.6 Å². The molecule has 0 amide bonds. The van der Waals surface area contributed by atoms with Gasteiger partial charge in [-0.15, -0.1) is 0 Å². The van der Waals surface area contributed by atoms with Gasteiger partial charge in [0.15, 0.2) is 0 Å². The Bertz CT molecular complexity index is 579. The first-order chi connectivity index (χ1) is 9.58. The summed E-state index contributed by atoms with van der Waals surface area (Å²) in [6.45, 7) is 3.09. The molecule has 0 spiro atoms. The van der Waals surface area contributed by atoms with E-state index in [9.17, 15) is 0 Å². The number of methoxy groups -OCH3 is 1. The van der Waals surface area contributed by atoms with Crippen LogP contribution in [0.5, 0.6) is 0 Å². The van der Waals surface area contributed by atoms with Crippen molar-refractivity contribution in [2.75, 3.05) is 13.7 Å². The quantitative estimate of drug-likeness (QED) is 0.608. The summed E-state index contributed by atoms with van der Waals surface area (Å²) in [5.74, 6) is 5.72. The van der Waals surface area contributed by atoms with Gasteiger partial charge in [-0.3, -0.25) is 15.2 Å². The summed E-state index contributed by atoms with van der Waals surface area (Å²) >= 11 is 6.26. The molecular weight excluding hydrogens is 280 g/mol. The van der Waals surface area contributed by atoms with Crippen molar-refractivity contribution in [1.29, 1.82) is 0 Å². The highest BCUT2D eigenvalue weighted by atomic mass is 35.5. The average Bonchev–Trinajstić information content (AvgIpc) is 2.93. The van der Waals surface area contributed by atoms with Crippen LogP contribution in [0.3, 0.4) is 0 Å². The summed E-state index contributed by atoms with van der Waals surface area (Å²) in [6.07, 6.45) is 3.53. The van der Waals surface area contributed by atoms with Crippen molar-refractivity contribution < 1.29 is 4.74 Å². The van der Waals surface area contributed by atoms with Crippen molar-refractivity contribution in [1.82, 2.24) is 25.0 Å². The Hall–Kier alpha value is -1.41. The maximum Gasteiger partial charge on any atom is 0.0926 e. The van der Waals surface area contributed by atoms with E-state index in [-0.39, 0.29) is 6.04 Å². The number of aromatic nitrogens is 4. The van der Waals surface area contributed by atoms with Crippen LogP contribution in [0.15, 0.2) is 12.4 Å². The third-order valence-corrected chi connectivity index (χ3v) is 3.43. The maximum absolute atomic E-state index is 6.26. The normalized spacial score (nSPS) is 12.8. The van der Waals surface area contributed by atoms with Gasteiger partial charge < -0.3 is 4.74 Å². The topological polar surface area (TPSA) is 82.9 Å². The summed E-state index contributed by atoms with van der Waals surface area (Å²) in [4.78, 5) is 0. The lowest BCUT2D eigenvalue weighted by Crippen LogP contribution is -2.31. The van der Waals surface area contributed by atoms with Crippen LogP contribution < -0.4 is 11.3 Å². The summed E-state index contributed by atoms with van der Waals surface area (Å²) < 4.78 is 8.63. The molecule has 20 heavy (non-hydrogen) atoms. The van der Waals surface area contributed by atoms with E-state index >= 15 is 0 Å². The monoisotopic (exact) mass is 298 g/mol. The second kappa shape index (κ2) is 6.36. The van der Waals surface area contributed by atoms with Gasteiger partial charge in [0.05, 0.1) is 41.8 Å². The van der Waals surface area contributed by atoms with Crippen molar-refractivity contribution in [3.63, 3.8) is 0 Å². The van der Waals surface area contributed by atoms with E-state index in [1.54, 1.807) is 22.7 Å². The fraction of sp³-hybridized carbons (Fsp3) is 0.500. The Labute approximate surface area is 122 Å². The van der Waals surface area contributed by atoms with Crippen LogP contribution in [-0.4, -0.2) is 33.3 Å². The highest BCUT2D eigenvalue weighted by molar-refractivity contribution is 6.31. The number of rotatable bonds is 6. The Kier molecular flexibility index (Phi) is 4.77. The Morgan fingerprint density at radius 3 is 2.85 bits per heavy atom. The lowest BCUT2D eigenvalue weighted by molar-refractivity contribution is 0.182. The number of nitrogens with zero attached hydrogens (tertiary/aromatic N) is 4. The molecule has 110 valence electrons. The first-order valence-corrected chi connectivity index (χ1v) is 6.62. The van der Waals surface area contributed by atoms with E-state index in [0.717, 1.165) is 17.0 Å². The lowest BCUT2D eigenvalue weighted by Gasteiger charge is -2.18. The minimum Gasteiger partial charge on any atom is -0.383 e. The van der Waals surface area contributed by atoms with Gasteiger partial charge >= 0.3 is 0 Å². The number of nitrogens with one attached hydrogen (secondary N) is 1. The molecule has 0 aromatic carbocycles. The van der Waals surface area contributed by atoms with E-state index < -0.39 is 0 Å². The standard InChI is InChI=1S/C12H19ClN6O/c1-8-9(7-18(2)17-8)11(16-14)12-10(13)6-15-19(12)4-5-20-3/h6-7,11,16H,4-5,14H2,1-3H3. The van der Waals surface area contributed by atoms with Gasteiger partial charge in [0.1, 0.15) is 0 Å². The first-order valence-electron chi connectivity index (χ1n) is 6.25. The van der Waals surface area contributed by atoms with E-state index in [1.807, 2.05) is 20.2 Å². The zero-order valence-electron chi connectivity index (χ0n) is 11.8. The molecule has 7 nitrogen and oxygen atoms in total. The Morgan fingerprint density at radius 1 is 1.55 bits per heavy atom. The summed E-state index contributed by atoms with van der Waals surface area (Å²) in [5, 5.41) is 9.16. The second-order valence-electron chi connectivity index (χ2n) is 4.54. The molecule has 2 aromatic heterocycles. The largest absolute Gasteiger partial charge is 0.383 e. The highest BCUT2D eigenvalue weighted by Crippen LogP contribution is 2.29. The minimum absolute atomic E-state index is 0.268. The number of halogens is 1. The molecule has 0 fully saturated rings. The molecule has 1 atom stereocenters. The Morgan fingerprint density at radius 2 is 2.30 bits per heavy atom. The zero-order chi connectivity index (χ0) is 14.7. The average molecular weight is 299 g/mol. The van der Waals surface area contributed by atoms with Gasteiger partial charge in [-0.2, -0.15) is 10.2 Å². The van der Waals surface area contributed by atoms with Crippen molar-refractivity contribution >= 4 is 11.6 Å². The molecular formula is C12H19ClN6O. The molecule has 3 N–H and O–H groups in total. The van der Waals surface area contributed by atoms with E-state index in [0.29, 0.717) is 18.2 Å². The fourth-order valence-corrected chi connectivity index (χ4v) is 2.48. The number of aryl methyl sites for hydroxylation is 2. The number of nitrogens with two attached hydrogens (primary N) is 1. The molecule has 0 saturated heterocycles. The van der Waals surface area contributed by atoms with Crippen LogP contribution in [0.2, 0.25) is 5.02 Å². The Balaban J connectivity index is 2.41. The molecule has 2 aromatic rings. The first kappa shape index (κ1) is 15.0. The van der Waals surface area contributed by atoms with Gasteiger partial charge in [0, 0.05) is 25.9 Å². The molecule has 0 saturated carbocycles. The van der Waals surface area contributed by atoms with E-state index in [1.165, 1.54) is 0 Å². The molecule has 2 heterocycles. The van der Waals surface area contributed by atoms with Crippen LogP contribution >= 0.6 is 11.6 Å². The molecule has 0 aliphatic carbocycles. The van der Waals surface area contributed by atoms with Gasteiger partial charge in [-0.05, 0) is 6.92 Å². The van der Waals surface area contributed by atoms with Crippen molar-refractivity contribution in [2.24, 2.45) is 12.9 Å². The zero-order valence-corrected chi connectivity index (χ0v) is 12.6. The minimum atomic E-state index is -0.268. The molecule has 2 rings (SSSR count). The third kappa shape index (κ3) is 2.85. The molecule has 0 aliphatic rings. The van der Waals surface area contributed by atoms with Gasteiger partial charge in [0.2, 0.25) is 0 Å². The smallest absolute Gasteiger partial charge is 0.0926 e. The molecule has 0 radical (unpaired) electrons. The fourth-order valence-electron chi connectivity index (χ4n) is 2.23. The van der Waals surface area contributed by atoms with E-state index in [2.05, 4.69) is 15.6 Å².